The monoisotopic (exact) mass is 493 g/mol. The lowest BCUT2D eigenvalue weighted by atomic mass is 10.0. The Balaban J connectivity index is 1.95. The van der Waals surface area contributed by atoms with Crippen LogP contribution < -0.4 is 4.90 Å². The molecule has 0 aliphatic carbocycles. The predicted molar refractivity (Wildman–Crippen MR) is 140 cm³/mol. The van der Waals surface area contributed by atoms with Crippen LogP contribution in [0, 0.1) is 0 Å². The zero-order chi connectivity index (χ0) is 25.0. The van der Waals surface area contributed by atoms with Crippen molar-refractivity contribution < 1.29 is 23.2 Å². The van der Waals surface area contributed by atoms with Crippen molar-refractivity contribution in [1.82, 2.24) is 0 Å². The fourth-order valence-electron chi connectivity index (χ4n) is 4.56. The molecule has 0 spiro atoms. The number of hydrogen-bond donors (Lipinski definition) is 3. The summed E-state index contributed by atoms with van der Waals surface area (Å²) in [5.41, 5.74) is 0.728. The van der Waals surface area contributed by atoms with E-state index in [4.69, 9.17) is 0 Å². The minimum atomic E-state index is -4.36. The van der Waals surface area contributed by atoms with Gasteiger partial charge in [-0.25, -0.2) is 0 Å². The van der Waals surface area contributed by atoms with Crippen molar-refractivity contribution in [3.8, 4) is 0 Å². The molecular formula is C27H43NO5S. The van der Waals surface area contributed by atoms with Crippen molar-refractivity contribution in [2.45, 2.75) is 102 Å². The summed E-state index contributed by atoms with van der Waals surface area (Å²) in [6.07, 6.45) is 11.9. The van der Waals surface area contributed by atoms with E-state index in [0.29, 0.717) is 30.3 Å². The summed E-state index contributed by atoms with van der Waals surface area (Å²) in [6, 6.07) is 10.0. The summed E-state index contributed by atoms with van der Waals surface area (Å²) >= 11 is 0. The molecule has 192 valence electrons. The molecular weight excluding hydrogens is 450 g/mol. The lowest BCUT2D eigenvalue weighted by Gasteiger charge is -2.30. The molecule has 2 unspecified atom stereocenters. The number of unbranched alkanes of at least 4 members (excludes halogenated alkanes) is 9. The summed E-state index contributed by atoms with van der Waals surface area (Å²) in [4.78, 5) is 1.76. The predicted octanol–water partition coefficient (Wildman–Crippen LogP) is 5.95. The number of benzene rings is 2. The molecule has 0 heterocycles. The van der Waals surface area contributed by atoms with Gasteiger partial charge < -0.3 is 15.1 Å². The zero-order valence-electron chi connectivity index (χ0n) is 20.8. The highest BCUT2D eigenvalue weighted by Crippen LogP contribution is 2.32. The maximum Gasteiger partial charge on any atom is 0.295 e. The first-order chi connectivity index (χ1) is 16.2. The zero-order valence-corrected chi connectivity index (χ0v) is 21.6. The van der Waals surface area contributed by atoms with Crippen LogP contribution in [0.4, 0.5) is 5.69 Å². The standard InChI is InChI=1S/C27H43NO5S/c1-3-4-5-6-7-8-9-10-11-12-15-23(30)21-28(20-22(2)29)26-18-19-27(34(31,32)33)25-17-14-13-16-24(25)26/h13-14,16-19,22-23,29-30H,3-12,15,20-21H2,1-2H3,(H,31,32,33). The molecule has 0 fully saturated rings. The fourth-order valence-corrected chi connectivity index (χ4v) is 5.26. The number of aliphatic hydroxyl groups is 2. The van der Waals surface area contributed by atoms with Gasteiger partial charge in [-0.2, -0.15) is 8.42 Å². The molecule has 2 aromatic carbocycles. The molecule has 2 aromatic rings. The van der Waals surface area contributed by atoms with Crippen molar-refractivity contribution in [1.29, 1.82) is 0 Å². The molecule has 7 heteroatoms. The molecule has 0 aliphatic heterocycles. The molecule has 2 rings (SSSR count). The van der Waals surface area contributed by atoms with Crippen LogP contribution in [0.2, 0.25) is 0 Å². The number of rotatable bonds is 17. The Labute approximate surface area is 205 Å². The second-order valence-electron chi connectivity index (χ2n) is 9.48. The van der Waals surface area contributed by atoms with Crippen LogP contribution >= 0.6 is 0 Å². The van der Waals surface area contributed by atoms with E-state index in [2.05, 4.69) is 6.92 Å². The second-order valence-corrected chi connectivity index (χ2v) is 10.9. The molecule has 0 amide bonds. The maximum atomic E-state index is 11.8. The first-order valence-corrected chi connectivity index (χ1v) is 14.3. The topological polar surface area (TPSA) is 98.1 Å². The van der Waals surface area contributed by atoms with Gasteiger partial charge in [-0.05, 0) is 25.5 Å². The Morgan fingerprint density at radius 3 is 1.91 bits per heavy atom. The minimum Gasteiger partial charge on any atom is -0.392 e. The summed E-state index contributed by atoms with van der Waals surface area (Å²) < 4.78 is 33.2. The van der Waals surface area contributed by atoms with Gasteiger partial charge in [0.1, 0.15) is 4.90 Å². The SMILES string of the molecule is CCCCCCCCCCCCC(O)CN(CC(C)O)c1ccc(S(=O)(=O)O)c2ccccc12. The van der Waals surface area contributed by atoms with E-state index in [-0.39, 0.29) is 4.90 Å². The third-order valence-electron chi connectivity index (χ3n) is 6.29. The lowest BCUT2D eigenvalue weighted by Crippen LogP contribution is -2.37. The van der Waals surface area contributed by atoms with Gasteiger partial charge in [-0.3, -0.25) is 4.55 Å². The molecule has 0 aliphatic rings. The first kappa shape index (κ1) is 28.6. The minimum absolute atomic E-state index is 0.144. The molecule has 3 N–H and O–H groups in total. The number of anilines is 1. The smallest absolute Gasteiger partial charge is 0.295 e. The van der Waals surface area contributed by atoms with Crippen LogP contribution in [0.5, 0.6) is 0 Å². The summed E-state index contributed by atoms with van der Waals surface area (Å²) in [6.45, 7) is 4.58. The number of nitrogens with zero attached hydrogens (tertiary/aromatic N) is 1. The molecule has 6 nitrogen and oxygen atoms in total. The lowest BCUT2D eigenvalue weighted by molar-refractivity contribution is 0.156. The highest BCUT2D eigenvalue weighted by molar-refractivity contribution is 7.86. The van der Waals surface area contributed by atoms with Gasteiger partial charge in [0.05, 0.1) is 12.2 Å². The number of fused-ring (bicyclic) bond motifs is 1. The molecule has 0 saturated heterocycles. The Morgan fingerprint density at radius 2 is 1.35 bits per heavy atom. The third kappa shape index (κ3) is 9.53. The average molecular weight is 494 g/mol. The van der Waals surface area contributed by atoms with Crippen LogP contribution in [0.1, 0.15) is 84.5 Å². The molecule has 2 atom stereocenters. The molecule has 0 radical (unpaired) electrons. The van der Waals surface area contributed by atoms with E-state index in [1.54, 1.807) is 37.3 Å². The van der Waals surface area contributed by atoms with Crippen LogP contribution in [0.25, 0.3) is 10.8 Å². The van der Waals surface area contributed by atoms with Crippen molar-refractivity contribution >= 4 is 26.6 Å². The van der Waals surface area contributed by atoms with E-state index in [0.717, 1.165) is 18.5 Å². The number of hydrogen-bond acceptors (Lipinski definition) is 5. The van der Waals surface area contributed by atoms with Crippen LogP contribution in [0.3, 0.4) is 0 Å². The van der Waals surface area contributed by atoms with E-state index >= 15 is 0 Å². The normalized spacial score (nSPS) is 13.8. The van der Waals surface area contributed by atoms with Gasteiger partial charge in [0, 0.05) is 29.5 Å². The van der Waals surface area contributed by atoms with E-state index in [1.165, 1.54) is 57.4 Å². The van der Waals surface area contributed by atoms with Crippen LogP contribution in [-0.4, -0.2) is 48.5 Å². The van der Waals surface area contributed by atoms with Gasteiger partial charge in [0.2, 0.25) is 0 Å². The van der Waals surface area contributed by atoms with Gasteiger partial charge in [-0.1, -0.05) is 95.4 Å². The second kappa shape index (κ2) is 14.7. The highest BCUT2D eigenvalue weighted by Gasteiger charge is 2.20. The third-order valence-corrected chi connectivity index (χ3v) is 7.20. The van der Waals surface area contributed by atoms with Gasteiger partial charge in [0.25, 0.3) is 10.1 Å². The molecule has 0 aromatic heterocycles. The molecule has 0 bridgehead atoms. The van der Waals surface area contributed by atoms with Gasteiger partial charge in [0.15, 0.2) is 0 Å². The summed E-state index contributed by atoms with van der Waals surface area (Å²) in [7, 11) is -4.36. The average Bonchev–Trinajstić information content (AvgIpc) is 2.78. The van der Waals surface area contributed by atoms with Crippen molar-refractivity contribution in [3.63, 3.8) is 0 Å². The van der Waals surface area contributed by atoms with Crippen molar-refractivity contribution in [2.24, 2.45) is 0 Å². The van der Waals surface area contributed by atoms with Crippen LogP contribution in [0.15, 0.2) is 41.3 Å². The number of aliphatic hydroxyl groups excluding tert-OH is 2. The Hall–Kier alpha value is -1.67. The van der Waals surface area contributed by atoms with Gasteiger partial charge >= 0.3 is 0 Å². The summed E-state index contributed by atoms with van der Waals surface area (Å²) in [5.74, 6) is 0. The Bertz CT molecular complexity index is 961. The Kier molecular flexibility index (Phi) is 12.3. The van der Waals surface area contributed by atoms with Crippen molar-refractivity contribution in [3.05, 3.63) is 36.4 Å². The van der Waals surface area contributed by atoms with E-state index < -0.39 is 22.3 Å². The van der Waals surface area contributed by atoms with Crippen LogP contribution in [-0.2, 0) is 10.1 Å². The highest BCUT2D eigenvalue weighted by atomic mass is 32.2. The molecule has 34 heavy (non-hydrogen) atoms. The Morgan fingerprint density at radius 1 is 0.794 bits per heavy atom. The van der Waals surface area contributed by atoms with Gasteiger partial charge in [-0.15, -0.1) is 0 Å². The maximum absolute atomic E-state index is 11.8. The van der Waals surface area contributed by atoms with Crippen molar-refractivity contribution in [2.75, 3.05) is 18.0 Å². The first-order valence-electron chi connectivity index (χ1n) is 12.8. The van der Waals surface area contributed by atoms with E-state index in [1.807, 2.05) is 4.90 Å². The van der Waals surface area contributed by atoms with E-state index in [9.17, 15) is 23.2 Å². The largest absolute Gasteiger partial charge is 0.392 e. The fraction of sp³-hybridized carbons (Fsp3) is 0.630. The quantitative estimate of drug-likeness (QED) is 0.186. The molecule has 0 saturated carbocycles. The summed E-state index contributed by atoms with van der Waals surface area (Å²) in [5, 5.41) is 21.8.